The molecule has 0 aromatic heterocycles. The number of aliphatic hydroxyl groups is 1. The van der Waals surface area contributed by atoms with Crippen molar-refractivity contribution >= 4 is 21.8 Å². The first kappa shape index (κ1) is 14.8. The van der Waals surface area contributed by atoms with Crippen LogP contribution in [0.15, 0.2) is 29.2 Å². The van der Waals surface area contributed by atoms with Crippen LogP contribution in [-0.2, 0) is 16.6 Å². The molecule has 0 bridgehead atoms. The van der Waals surface area contributed by atoms with E-state index in [0.717, 1.165) is 17.7 Å². The third-order valence-corrected chi connectivity index (χ3v) is 6.55. The Bertz CT molecular complexity index is 513. The number of hydrogen-bond donors (Lipinski definition) is 1. The molecule has 0 amide bonds. The summed E-state index contributed by atoms with van der Waals surface area (Å²) in [6.07, 6.45) is 0.986. The number of rotatable bonds is 4. The molecule has 0 spiro atoms. The lowest BCUT2D eigenvalue weighted by atomic mass is 10.2. The molecular formula is C13H19NO3S2. The maximum Gasteiger partial charge on any atom is 0.243 e. The molecule has 19 heavy (non-hydrogen) atoms. The maximum absolute atomic E-state index is 12.5. The maximum atomic E-state index is 12.5. The van der Waals surface area contributed by atoms with Crippen molar-refractivity contribution in [2.45, 2.75) is 30.1 Å². The van der Waals surface area contributed by atoms with E-state index in [1.165, 1.54) is 0 Å². The highest BCUT2D eigenvalue weighted by Gasteiger charge is 2.29. The van der Waals surface area contributed by atoms with Crippen molar-refractivity contribution in [3.63, 3.8) is 0 Å². The lowest BCUT2D eigenvalue weighted by molar-refractivity contribution is 0.281. The number of benzene rings is 1. The van der Waals surface area contributed by atoms with Gasteiger partial charge in [0, 0.05) is 24.1 Å². The van der Waals surface area contributed by atoms with Gasteiger partial charge in [-0.15, -0.1) is 0 Å². The van der Waals surface area contributed by atoms with E-state index in [-0.39, 0.29) is 6.61 Å². The van der Waals surface area contributed by atoms with Crippen LogP contribution in [0.4, 0.5) is 0 Å². The average molecular weight is 301 g/mol. The molecule has 1 unspecified atom stereocenters. The summed E-state index contributed by atoms with van der Waals surface area (Å²) in [5, 5.41) is 9.37. The second-order valence-corrected chi connectivity index (χ2v) is 7.91. The highest BCUT2D eigenvalue weighted by molar-refractivity contribution is 8.00. The van der Waals surface area contributed by atoms with Crippen LogP contribution in [0.3, 0.4) is 0 Å². The Labute approximate surface area is 118 Å². The van der Waals surface area contributed by atoms with Crippen molar-refractivity contribution in [2.24, 2.45) is 0 Å². The summed E-state index contributed by atoms with van der Waals surface area (Å²) in [5.41, 5.74) is 0.722. The average Bonchev–Trinajstić information content (AvgIpc) is 2.47. The third kappa shape index (κ3) is 3.31. The standard InChI is InChI=1S/C13H19NO3S2/c1-2-12-9-14(7-8-18-12)19(16,17)13-5-3-11(10-15)4-6-13/h3-6,12,15H,2,7-10H2,1H3. The monoisotopic (exact) mass is 301 g/mol. The molecule has 0 saturated carbocycles. The zero-order valence-electron chi connectivity index (χ0n) is 10.9. The topological polar surface area (TPSA) is 57.6 Å². The first-order chi connectivity index (χ1) is 9.07. The van der Waals surface area contributed by atoms with Gasteiger partial charge in [-0.1, -0.05) is 19.1 Å². The number of aliphatic hydroxyl groups excluding tert-OH is 1. The molecule has 0 radical (unpaired) electrons. The fraction of sp³-hybridized carbons (Fsp3) is 0.538. The van der Waals surface area contributed by atoms with Gasteiger partial charge >= 0.3 is 0 Å². The van der Waals surface area contributed by atoms with Crippen LogP contribution < -0.4 is 0 Å². The highest BCUT2D eigenvalue weighted by Crippen LogP contribution is 2.26. The van der Waals surface area contributed by atoms with Gasteiger partial charge in [-0.3, -0.25) is 0 Å². The largest absolute Gasteiger partial charge is 0.392 e. The number of thioether (sulfide) groups is 1. The summed E-state index contributed by atoms with van der Waals surface area (Å²) in [6, 6.07) is 6.46. The van der Waals surface area contributed by atoms with Gasteiger partial charge in [-0.2, -0.15) is 16.1 Å². The van der Waals surface area contributed by atoms with Gasteiger partial charge in [0.1, 0.15) is 0 Å². The van der Waals surface area contributed by atoms with Crippen molar-refractivity contribution in [1.82, 2.24) is 4.31 Å². The Balaban J connectivity index is 2.20. The van der Waals surface area contributed by atoms with E-state index in [4.69, 9.17) is 5.11 Å². The molecule has 1 aliphatic heterocycles. The second-order valence-electron chi connectivity index (χ2n) is 4.57. The fourth-order valence-corrected chi connectivity index (χ4v) is 4.95. The first-order valence-electron chi connectivity index (χ1n) is 6.39. The third-order valence-electron chi connectivity index (χ3n) is 3.30. The van der Waals surface area contributed by atoms with E-state index in [1.807, 2.05) is 11.8 Å². The smallest absolute Gasteiger partial charge is 0.243 e. The zero-order valence-corrected chi connectivity index (χ0v) is 12.6. The fourth-order valence-electron chi connectivity index (χ4n) is 2.07. The van der Waals surface area contributed by atoms with Crippen LogP contribution in [0.2, 0.25) is 0 Å². The van der Waals surface area contributed by atoms with Crippen LogP contribution in [0, 0.1) is 0 Å². The Kier molecular flexibility index (Phi) is 4.89. The minimum absolute atomic E-state index is 0.0708. The molecule has 0 aliphatic carbocycles. The van der Waals surface area contributed by atoms with Gasteiger partial charge in [0.25, 0.3) is 0 Å². The predicted molar refractivity (Wildman–Crippen MR) is 77.7 cm³/mol. The number of hydrogen-bond acceptors (Lipinski definition) is 4. The molecule has 6 heteroatoms. The van der Waals surface area contributed by atoms with E-state index in [0.29, 0.717) is 23.2 Å². The summed E-state index contributed by atoms with van der Waals surface area (Å²) in [7, 11) is -3.39. The van der Waals surface area contributed by atoms with Gasteiger partial charge in [0.15, 0.2) is 0 Å². The number of sulfonamides is 1. The van der Waals surface area contributed by atoms with Crippen molar-refractivity contribution in [3.05, 3.63) is 29.8 Å². The molecular weight excluding hydrogens is 282 g/mol. The summed E-state index contributed by atoms with van der Waals surface area (Å²) in [5.74, 6) is 0.854. The molecule has 106 valence electrons. The summed E-state index contributed by atoms with van der Waals surface area (Å²) < 4.78 is 26.6. The Morgan fingerprint density at radius 2 is 2.05 bits per heavy atom. The SMILES string of the molecule is CCC1CN(S(=O)(=O)c2ccc(CO)cc2)CCS1. The van der Waals surface area contributed by atoms with Crippen LogP contribution in [0.1, 0.15) is 18.9 Å². The predicted octanol–water partition coefficient (Wildman–Crippen LogP) is 1.70. The first-order valence-corrected chi connectivity index (χ1v) is 8.88. The molecule has 1 atom stereocenters. The molecule has 1 aliphatic rings. The van der Waals surface area contributed by atoms with Crippen molar-refractivity contribution in [1.29, 1.82) is 0 Å². The highest BCUT2D eigenvalue weighted by atomic mass is 32.2. The van der Waals surface area contributed by atoms with E-state index in [2.05, 4.69) is 6.92 Å². The molecule has 4 nitrogen and oxygen atoms in total. The van der Waals surface area contributed by atoms with E-state index in [1.54, 1.807) is 28.6 Å². The van der Waals surface area contributed by atoms with Crippen molar-refractivity contribution in [2.75, 3.05) is 18.8 Å². The Morgan fingerprint density at radius 1 is 1.37 bits per heavy atom. The molecule has 1 heterocycles. The van der Waals surface area contributed by atoms with E-state index in [9.17, 15) is 8.42 Å². The van der Waals surface area contributed by atoms with Crippen LogP contribution in [-0.4, -0.2) is 41.9 Å². The molecule has 2 rings (SSSR count). The Hall–Kier alpha value is -0.560. The van der Waals surface area contributed by atoms with Gasteiger partial charge in [-0.25, -0.2) is 8.42 Å². The minimum Gasteiger partial charge on any atom is -0.392 e. The zero-order chi connectivity index (χ0) is 13.9. The summed E-state index contributed by atoms with van der Waals surface area (Å²) in [6.45, 7) is 3.18. The van der Waals surface area contributed by atoms with Crippen molar-refractivity contribution < 1.29 is 13.5 Å². The van der Waals surface area contributed by atoms with Gasteiger partial charge in [0.2, 0.25) is 10.0 Å². The van der Waals surface area contributed by atoms with Gasteiger partial charge in [0.05, 0.1) is 11.5 Å². The Morgan fingerprint density at radius 3 is 2.63 bits per heavy atom. The van der Waals surface area contributed by atoms with Gasteiger partial charge < -0.3 is 5.11 Å². The molecule has 1 fully saturated rings. The lowest BCUT2D eigenvalue weighted by Gasteiger charge is -2.31. The second kappa shape index (κ2) is 6.26. The quantitative estimate of drug-likeness (QED) is 0.919. The molecule has 1 saturated heterocycles. The molecule has 1 N–H and O–H groups in total. The van der Waals surface area contributed by atoms with Crippen molar-refractivity contribution in [3.8, 4) is 0 Å². The summed E-state index contributed by atoms with van der Waals surface area (Å²) in [4.78, 5) is 0.312. The van der Waals surface area contributed by atoms with Crippen LogP contribution in [0.5, 0.6) is 0 Å². The van der Waals surface area contributed by atoms with E-state index >= 15 is 0 Å². The molecule has 1 aromatic rings. The lowest BCUT2D eigenvalue weighted by Crippen LogP contribution is -2.41. The molecule has 1 aromatic carbocycles. The number of nitrogens with zero attached hydrogens (tertiary/aromatic N) is 1. The normalized spacial score (nSPS) is 21.5. The van der Waals surface area contributed by atoms with E-state index < -0.39 is 10.0 Å². The van der Waals surface area contributed by atoms with Crippen LogP contribution in [0.25, 0.3) is 0 Å². The minimum atomic E-state index is -3.39. The summed E-state index contributed by atoms with van der Waals surface area (Å²) >= 11 is 1.85. The van der Waals surface area contributed by atoms with Gasteiger partial charge in [-0.05, 0) is 24.1 Å². The van der Waals surface area contributed by atoms with Crippen LogP contribution >= 0.6 is 11.8 Å².